The molecule has 0 aliphatic carbocycles. The van der Waals surface area contributed by atoms with E-state index in [1.165, 1.54) is 6.92 Å². The van der Waals surface area contributed by atoms with Crippen LogP contribution in [-0.2, 0) is 9.59 Å². The molecule has 0 bridgehead atoms. The summed E-state index contributed by atoms with van der Waals surface area (Å²) in [4.78, 5) is 22.2. The lowest BCUT2D eigenvalue weighted by Crippen LogP contribution is -2.56. The van der Waals surface area contributed by atoms with E-state index in [0.717, 1.165) is 0 Å². The second-order valence-electron chi connectivity index (χ2n) is 3.11. The molecule has 0 aromatic heterocycles. The lowest BCUT2D eigenvalue weighted by Gasteiger charge is -2.28. The Kier molecular flexibility index (Phi) is 4.63. The SMILES string of the molecule is C=CCC(CC=C)(NC(C)=O)C(N)=O. The fourth-order valence-corrected chi connectivity index (χ4v) is 1.28. The Labute approximate surface area is 83.9 Å². The predicted molar refractivity (Wildman–Crippen MR) is 55.4 cm³/mol. The molecule has 4 heteroatoms. The number of nitrogens with two attached hydrogens (primary N) is 1. The van der Waals surface area contributed by atoms with Crippen molar-refractivity contribution >= 4 is 11.8 Å². The summed E-state index contributed by atoms with van der Waals surface area (Å²) in [6.45, 7) is 8.39. The van der Waals surface area contributed by atoms with Gasteiger partial charge in [0.1, 0.15) is 5.54 Å². The summed E-state index contributed by atoms with van der Waals surface area (Å²) in [6.07, 6.45) is 3.69. The van der Waals surface area contributed by atoms with Gasteiger partial charge in [-0.15, -0.1) is 13.2 Å². The lowest BCUT2D eigenvalue weighted by atomic mass is 9.90. The molecule has 4 nitrogen and oxygen atoms in total. The molecule has 0 radical (unpaired) electrons. The number of carbonyl (C=O) groups excluding carboxylic acids is 2. The van der Waals surface area contributed by atoms with Crippen LogP contribution < -0.4 is 11.1 Å². The molecule has 14 heavy (non-hydrogen) atoms. The van der Waals surface area contributed by atoms with E-state index in [9.17, 15) is 9.59 Å². The van der Waals surface area contributed by atoms with Gasteiger partial charge in [0.15, 0.2) is 0 Å². The highest BCUT2D eigenvalue weighted by Crippen LogP contribution is 2.16. The van der Waals surface area contributed by atoms with Gasteiger partial charge >= 0.3 is 0 Å². The summed E-state index contributed by atoms with van der Waals surface area (Å²) in [5.41, 5.74) is 4.17. The van der Waals surface area contributed by atoms with Gasteiger partial charge in [-0.25, -0.2) is 0 Å². The molecule has 0 aromatic rings. The van der Waals surface area contributed by atoms with Crippen LogP contribution in [0.25, 0.3) is 0 Å². The quantitative estimate of drug-likeness (QED) is 0.607. The molecular formula is C10H16N2O2. The summed E-state index contributed by atoms with van der Waals surface area (Å²) < 4.78 is 0. The van der Waals surface area contributed by atoms with Crippen LogP contribution in [0.2, 0.25) is 0 Å². The maximum absolute atomic E-state index is 11.2. The van der Waals surface area contributed by atoms with Gasteiger partial charge in [0.05, 0.1) is 0 Å². The van der Waals surface area contributed by atoms with Crippen molar-refractivity contribution < 1.29 is 9.59 Å². The first kappa shape index (κ1) is 12.4. The maximum Gasteiger partial charge on any atom is 0.243 e. The number of nitrogens with one attached hydrogen (secondary N) is 1. The Bertz CT molecular complexity index is 249. The number of rotatable bonds is 6. The van der Waals surface area contributed by atoms with Crippen LogP contribution in [0.3, 0.4) is 0 Å². The zero-order chi connectivity index (χ0) is 11.2. The van der Waals surface area contributed by atoms with Crippen molar-refractivity contribution in [2.75, 3.05) is 0 Å². The van der Waals surface area contributed by atoms with Crippen molar-refractivity contribution in [2.45, 2.75) is 25.3 Å². The maximum atomic E-state index is 11.2. The van der Waals surface area contributed by atoms with Crippen LogP contribution in [0.4, 0.5) is 0 Å². The molecule has 0 aliphatic heterocycles. The van der Waals surface area contributed by atoms with Crippen LogP contribution in [0, 0.1) is 0 Å². The van der Waals surface area contributed by atoms with Crippen LogP contribution in [0.1, 0.15) is 19.8 Å². The van der Waals surface area contributed by atoms with Gasteiger partial charge in [-0.3, -0.25) is 9.59 Å². The fraction of sp³-hybridized carbons (Fsp3) is 0.400. The zero-order valence-electron chi connectivity index (χ0n) is 8.38. The molecule has 0 spiro atoms. The van der Waals surface area contributed by atoms with E-state index < -0.39 is 11.4 Å². The van der Waals surface area contributed by atoms with Gasteiger partial charge in [0.25, 0.3) is 0 Å². The third kappa shape index (κ3) is 3.05. The summed E-state index contributed by atoms with van der Waals surface area (Å²) in [5, 5.41) is 2.54. The van der Waals surface area contributed by atoms with E-state index in [-0.39, 0.29) is 5.91 Å². The minimum absolute atomic E-state index is 0.299. The van der Waals surface area contributed by atoms with Crippen LogP contribution in [-0.4, -0.2) is 17.4 Å². The molecule has 0 fully saturated rings. The molecule has 0 aliphatic rings. The molecule has 0 heterocycles. The number of carbonyl (C=O) groups is 2. The van der Waals surface area contributed by atoms with E-state index in [1.54, 1.807) is 12.2 Å². The Morgan fingerprint density at radius 2 is 1.79 bits per heavy atom. The van der Waals surface area contributed by atoms with Gasteiger partial charge in [-0.2, -0.15) is 0 Å². The molecule has 78 valence electrons. The summed E-state index contributed by atoms with van der Waals surface area (Å²) in [6, 6.07) is 0. The Morgan fingerprint density at radius 3 is 2.00 bits per heavy atom. The standard InChI is InChI=1S/C10H16N2O2/c1-4-6-10(7-5-2,9(11)14)12-8(3)13/h4-5H,1-2,6-7H2,3H3,(H2,11,14)(H,12,13). The molecular weight excluding hydrogens is 180 g/mol. The monoisotopic (exact) mass is 196 g/mol. The minimum Gasteiger partial charge on any atom is -0.368 e. The van der Waals surface area contributed by atoms with Crippen molar-refractivity contribution in [3.63, 3.8) is 0 Å². The number of amides is 2. The Morgan fingerprint density at radius 1 is 1.36 bits per heavy atom. The number of hydrogen-bond acceptors (Lipinski definition) is 2. The van der Waals surface area contributed by atoms with Gasteiger partial charge in [0, 0.05) is 6.92 Å². The average molecular weight is 196 g/mol. The molecule has 2 amide bonds. The van der Waals surface area contributed by atoms with E-state index in [4.69, 9.17) is 5.73 Å². The molecule has 0 aromatic carbocycles. The highest BCUT2D eigenvalue weighted by molar-refractivity contribution is 5.90. The van der Waals surface area contributed by atoms with Crippen LogP contribution in [0.5, 0.6) is 0 Å². The highest BCUT2D eigenvalue weighted by Gasteiger charge is 2.34. The van der Waals surface area contributed by atoms with E-state index in [1.807, 2.05) is 0 Å². The molecule has 0 saturated heterocycles. The largest absolute Gasteiger partial charge is 0.368 e. The highest BCUT2D eigenvalue weighted by atomic mass is 16.2. The molecule has 3 N–H and O–H groups in total. The van der Waals surface area contributed by atoms with Crippen molar-refractivity contribution in [2.24, 2.45) is 5.73 Å². The Balaban J connectivity index is 4.90. The van der Waals surface area contributed by atoms with Crippen molar-refractivity contribution in [3.05, 3.63) is 25.3 Å². The first-order chi connectivity index (χ1) is 6.48. The Hall–Kier alpha value is -1.58. The lowest BCUT2D eigenvalue weighted by molar-refractivity contribution is -0.130. The van der Waals surface area contributed by atoms with Gasteiger partial charge in [-0.05, 0) is 12.8 Å². The van der Waals surface area contributed by atoms with Gasteiger partial charge in [-0.1, -0.05) is 12.2 Å². The summed E-state index contributed by atoms with van der Waals surface area (Å²) in [5.74, 6) is -0.875. The normalized spacial score (nSPS) is 10.4. The third-order valence-corrected chi connectivity index (χ3v) is 1.87. The molecule has 0 unspecified atom stereocenters. The predicted octanol–water partition coefficient (Wildman–Crippen LogP) is 0.499. The second-order valence-corrected chi connectivity index (χ2v) is 3.11. The minimum atomic E-state index is -1.07. The zero-order valence-corrected chi connectivity index (χ0v) is 8.38. The van der Waals surface area contributed by atoms with Crippen molar-refractivity contribution in [1.82, 2.24) is 5.32 Å². The van der Waals surface area contributed by atoms with E-state index in [0.29, 0.717) is 12.8 Å². The van der Waals surface area contributed by atoms with Gasteiger partial charge in [0.2, 0.25) is 11.8 Å². The van der Waals surface area contributed by atoms with E-state index in [2.05, 4.69) is 18.5 Å². The number of hydrogen-bond donors (Lipinski definition) is 2. The average Bonchev–Trinajstić information content (AvgIpc) is 2.03. The first-order valence-corrected chi connectivity index (χ1v) is 4.29. The summed E-state index contributed by atoms with van der Waals surface area (Å²) in [7, 11) is 0. The topological polar surface area (TPSA) is 72.2 Å². The molecule has 0 rings (SSSR count). The smallest absolute Gasteiger partial charge is 0.243 e. The molecule has 0 atom stereocenters. The van der Waals surface area contributed by atoms with Crippen molar-refractivity contribution in [3.8, 4) is 0 Å². The third-order valence-electron chi connectivity index (χ3n) is 1.87. The first-order valence-electron chi connectivity index (χ1n) is 4.29. The van der Waals surface area contributed by atoms with Crippen LogP contribution in [0.15, 0.2) is 25.3 Å². The molecule has 0 saturated carbocycles. The second kappa shape index (κ2) is 5.21. The van der Waals surface area contributed by atoms with Crippen molar-refractivity contribution in [1.29, 1.82) is 0 Å². The van der Waals surface area contributed by atoms with E-state index >= 15 is 0 Å². The fourth-order valence-electron chi connectivity index (χ4n) is 1.28. The van der Waals surface area contributed by atoms with Gasteiger partial charge < -0.3 is 11.1 Å². The number of primary amides is 1. The van der Waals surface area contributed by atoms with Crippen LogP contribution >= 0.6 is 0 Å². The summed E-state index contributed by atoms with van der Waals surface area (Å²) >= 11 is 0.